The summed E-state index contributed by atoms with van der Waals surface area (Å²) >= 11 is 3.27. The van der Waals surface area contributed by atoms with Gasteiger partial charge in [-0.2, -0.15) is 0 Å². The number of carboxylic acids is 1. The number of phenols is 2. The van der Waals surface area contributed by atoms with E-state index < -0.39 is 37.1 Å². The van der Waals surface area contributed by atoms with Crippen LogP contribution in [0, 0.1) is 0 Å². The topological polar surface area (TPSA) is 157 Å². The van der Waals surface area contributed by atoms with Crippen LogP contribution in [0.1, 0.15) is 33.6 Å². The molecular formula is C22H23BrO10. The van der Waals surface area contributed by atoms with Crippen LogP contribution in [0.4, 0.5) is 0 Å². The van der Waals surface area contributed by atoms with Crippen LogP contribution in [-0.4, -0.2) is 64.3 Å². The largest absolute Gasteiger partial charge is 0.507 e. The van der Waals surface area contributed by atoms with E-state index in [1.165, 1.54) is 30.3 Å². The summed E-state index contributed by atoms with van der Waals surface area (Å²) in [5, 5.41) is 27.7. The first kappa shape index (κ1) is 27.4. The van der Waals surface area contributed by atoms with Gasteiger partial charge in [0.15, 0.2) is 13.2 Å². The molecule has 33 heavy (non-hydrogen) atoms. The summed E-state index contributed by atoms with van der Waals surface area (Å²) in [7, 11) is 0. The zero-order valence-corrected chi connectivity index (χ0v) is 19.0. The minimum atomic E-state index is -1.24. The standard InChI is InChI=1S/C13H15BrO5.C9H8O5/c14-7-3-4-8-18-12(16)9-19-13(17)10-5-1-2-6-11(10)15;10-7-4-2-1-3-6(7)9(13)14-5-8(11)12/h1-2,5-6,15H,3-4,7-9H2;1-4,10H,5H2,(H,11,12). The van der Waals surface area contributed by atoms with E-state index in [4.69, 9.17) is 14.6 Å². The number of phenolic OH excluding ortho intramolecular Hbond substituents is 2. The number of carbonyl (C=O) groups is 4. The number of aromatic hydroxyl groups is 2. The fourth-order valence-electron chi connectivity index (χ4n) is 2.12. The Morgan fingerprint density at radius 3 is 1.67 bits per heavy atom. The average Bonchev–Trinajstić information content (AvgIpc) is 2.80. The molecule has 0 heterocycles. The highest BCUT2D eigenvalue weighted by Gasteiger charge is 2.14. The molecule has 2 aromatic rings. The summed E-state index contributed by atoms with van der Waals surface area (Å²) < 4.78 is 14.0. The van der Waals surface area contributed by atoms with Gasteiger partial charge in [-0.25, -0.2) is 19.2 Å². The van der Waals surface area contributed by atoms with Crippen molar-refractivity contribution in [3.8, 4) is 11.5 Å². The normalized spacial score (nSPS) is 9.73. The van der Waals surface area contributed by atoms with Crippen molar-refractivity contribution in [3.63, 3.8) is 0 Å². The first-order valence-corrected chi connectivity index (χ1v) is 10.7. The van der Waals surface area contributed by atoms with Gasteiger partial charge in [-0.05, 0) is 37.1 Å². The number of esters is 3. The summed E-state index contributed by atoms with van der Waals surface area (Å²) in [6.07, 6.45) is 1.66. The maximum Gasteiger partial charge on any atom is 0.344 e. The third-order valence-corrected chi connectivity index (χ3v) is 4.25. The number of hydrogen-bond acceptors (Lipinski definition) is 9. The number of ether oxygens (including phenoxy) is 3. The highest BCUT2D eigenvalue weighted by molar-refractivity contribution is 9.09. The minimum absolute atomic E-state index is 0.0228. The van der Waals surface area contributed by atoms with Crippen molar-refractivity contribution in [2.45, 2.75) is 12.8 Å². The molecule has 0 saturated carbocycles. The third kappa shape index (κ3) is 11.0. The maximum absolute atomic E-state index is 11.6. The lowest BCUT2D eigenvalue weighted by atomic mass is 10.2. The van der Waals surface area contributed by atoms with Gasteiger partial charge in [-0.3, -0.25) is 0 Å². The van der Waals surface area contributed by atoms with Crippen LogP contribution in [0.15, 0.2) is 48.5 Å². The van der Waals surface area contributed by atoms with Crippen molar-refractivity contribution >= 4 is 39.8 Å². The van der Waals surface area contributed by atoms with Crippen LogP contribution in [0.5, 0.6) is 11.5 Å². The smallest absolute Gasteiger partial charge is 0.344 e. The maximum atomic E-state index is 11.6. The van der Waals surface area contributed by atoms with Crippen LogP contribution in [0.25, 0.3) is 0 Å². The predicted octanol–water partition coefficient (Wildman–Crippen LogP) is 2.90. The molecule has 3 N–H and O–H groups in total. The van der Waals surface area contributed by atoms with Gasteiger partial charge in [-0.15, -0.1) is 0 Å². The molecule has 0 aliphatic rings. The quantitative estimate of drug-likeness (QED) is 0.182. The van der Waals surface area contributed by atoms with Crippen LogP contribution < -0.4 is 0 Å². The van der Waals surface area contributed by atoms with Crippen LogP contribution >= 0.6 is 15.9 Å². The molecule has 2 rings (SSSR count). The molecule has 0 aliphatic heterocycles. The van der Waals surface area contributed by atoms with Crippen molar-refractivity contribution in [2.75, 3.05) is 25.2 Å². The molecule has 0 aliphatic carbocycles. The number of aliphatic carboxylic acids is 1. The molecule has 2 aromatic carbocycles. The van der Waals surface area contributed by atoms with Gasteiger partial charge < -0.3 is 29.5 Å². The van der Waals surface area contributed by atoms with Gasteiger partial charge in [0.05, 0.1) is 6.61 Å². The Bertz CT molecular complexity index is 944. The van der Waals surface area contributed by atoms with Crippen molar-refractivity contribution < 1.29 is 48.7 Å². The number of carboxylic acid groups (broad SMARTS) is 1. The zero-order chi connectivity index (χ0) is 24.6. The molecule has 0 amide bonds. The lowest BCUT2D eigenvalue weighted by Crippen LogP contribution is -2.17. The second-order valence-electron chi connectivity index (χ2n) is 6.20. The summed E-state index contributed by atoms with van der Waals surface area (Å²) in [4.78, 5) is 44.0. The van der Waals surface area contributed by atoms with E-state index in [9.17, 15) is 29.4 Å². The zero-order valence-electron chi connectivity index (χ0n) is 17.4. The van der Waals surface area contributed by atoms with Gasteiger partial charge in [0.2, 0.25) is 0 Å². The van der Waals surface area contributed by atoms with Gasteiger partial charge in [0.25, 0.3) is 0 Å². The Morgan fingerprint density at radius 1 is 0.727 bits per heavy atom. The Labute approximate surface area is 197 Å². The number of halogens is 1. The van der Waals surface area contributed by atoms with E-state index >= 15 is 0 Å². The SMILES string of the molecule is O=C(COC(=O)c1ccccc1O)OCCCCBr.O=C(O)COC(=O)c1ccccc1O. The first-order chi connectivity index (χ1) is 15.8. The van der Waals surface area contributed by atoms with E-state index in [1.807, 2.05) is 0 Å². The molecular weight excluding hydrogens is 504 g/mol. The summed E-state index contributed by atoms with van der Waals surface area (Å²) in [5.41, 5.74) is -0.0247. The average molecular weight is 527 g/mol. The molecule has 0 spiro atoms. The minimum Gasteiger partial charge on any atom is -0.507 e. The van der Waals surface area contributed by atoms with Gasteiger partial charge >= 0.3 is 23.9 Å². The highest BCUT2D eigenvalue weighted by Crippen LogP contribution is 2.17. The molecule has 11 heteroatoms. The van der Waals surface area contributed by atoms with E-state index in [-0.39, 0.29) is 22.6 Å². The fourth-order valence-corrected chi connectivity index (χ4v) is 2.52. The molecule has 0 aromatic heterocycles. The number of para-hydroxylation sites is 2. The lowest BCUT2D eigenvalue weighted by molar-refractivity contribution is -0.147. The first-order valence-electron chi connectivity index (χ1n) is 9.59. The van der Waals surface area contributed by atoms with Crippen LogP contribution in [0.3, 0.4) is 0 Å². The fraction of sp³-hybridized carbons (Fsp3) is 0.273. The molecule has 178 valence electrons. The molecule has 0 bridgehead atoms. The molecule has 0 fully saturated rings. The molecule has 0 radical (unpaired) electrons. The highest BCUT2D eigenvalue weighted by atomic mass is 79.9. The van der Waals surface area contributed by atoms with Gasteiger partial charge in [-0.1, -0.05) is 40.2 Å². The Hall–Kier alpha value is -3.60. The van der Waals surface area contributed by atoms with E-state index in [0.29, 0.717) is 6.61 Å². The molecule has 0 unspecified atom stereocenters. The monoisotopic (exact) mass is 526 g/mol. The van der Waals surface area contributed by atoms with Gasteiger partial charge in [0.1, 0.15) is 22.6 Å². The molecule has 0 atom stereocenters. The van der Waals surface area contributed by atoms with Gasteiger partial charge in [0, 0.05) is 5.33 Å². The van der Waals surface area contributed by atoms with E-state index in [1.54, 1.807) is 18.2 Å². The Morgan fingerprint density at radius 2 is 1.21 bits per heavy atom. The summed E-state index contributed by atoms with van der Waals surface area (Å²) in [6.45, 7) is -0.868. The number of unbranched alkanes of at least 4 members (excludes halogenated alkanes) is 1. The summed E-state index contributed by atoms with van der Waals surface area (Å²) in [5.74, 6) is -3.87. The second-order valence-corrected chi connectivity index (χ2v) is 6.99. The van der Waals surface area contributed by atoms with Crippen molar-refractivity contribution in [3.05, 3.63) is 59.7 Å². The number of rotatable bonds is 10. The number of hydrogen-bond donors (Lipinski definition) is 3. The number of benzene rings is 2. The molecule has 10 nitrogen and oxygen atoms in total. The Balaban J connectivity index is 0.000000346. The van der Waals surface area contributed by atoms with Crippen LogP contribution in [0.2, 0.25) is 0 Å². The third-order valence-electron chi connectivity index (χ3n) is 3.69. The van der Waals surface area contributed by atoms with Crippen molar-refractivity contribution in [2.24, 2.45) is 0 Å². The lowest BCUT2D eigenvalue weighted by Gasteiger charge is -2.06. The summed E-state index contributed by atoms with van der Waals surface area (Å²) in [6, 6.07) is 11.7. The van der Waals surface area contributed by atoms with E-state index in [2.05, 4.69) is 20.7 Å². The number of carbonyl (C=O) groups excluding carboxylic acids is 3. The number of alkyl halides is 1. The van der Waals surface area contributed by atoms with E-state index in [0.717, 1.165) is 18.2 Å². The predicted molar refractivity (Wildman–Crippen MR) is 118 cm³/mol. The van der Waals surface area contributed by atoms with Crippen LogP contribution in [-0.2, 0) is 23.8 Å². The second kappa shape index (κ2) is 15.2. The van der Waals surface area contributed by atoms with Crippen molar-refractivity contribution in [1.82, 2.24) is 0 Å². The molecule has 0 saturated heterocycles. The Kier molecular flexibility index (Phi) is 12.7. The van der Waals surface area contributed by atoms with Crippen molar-refractivity contribution in [1.29, 1.82) is 0 Å².